The average molecular weight is 253 g/mol. The fourth-order valence-electron chi connectivity index (χ4n) is 4.79. The Bertz CT molecular complexity index is 198. The maximum Gasteiger partial charge on any atom is 0.0485 e. The van der Waals surface area contributed by atoms with Crippen LogP contribution in [0.5, 0.6) is 0 Å². The van der Waals surface area contributed by atoms with Gasteiger partial charge in [0.1, 0.15) is 0 Å². The Labute approximate surface area is 110 Å². The van der Waals surface area contributed by atoms with Gasteiger partial charge in [0, 0.05) is 8.80 Å². The van der Waals surface area contributed by atoms with Gasteiger partial charge in [-0.1, -0.05) is 85.0 Å². The first-order valence-electron chi connectivity index (χ1n) is 8.09. The van der Waals surface area contributed by atoms with Crippen LogP contribution < -0.4 is 0 Å². The second-order valence-electron chi connectivity index (χ2n) is 7.69. The average Bonchev–Trinajstić information content (AvgIpc) is 2.30. The lowest BCUT2D eigenvalue weighted by atomic mass is 9.99. The van der Waals surface area contributed by atoms with E-state index < -0.39 is 8.80 Å². The highest BCUT2D eigenvalue weighted by Gasteiger charge is 2.39. The maximum atomic E-state index is 2.56. The molecule has 0 aromatic carbocycles. The van der Waals surface area contributed by atoms with Gasteiger partial charge < -0.3 is 0 Å². The van der Waals surface area contributed by atoms with Crippen LogP contribution in [0.15, 0.2) is 0 Å². The van der Waals surface area contributed by atoms with Gasteiger partial charge in [-0.15, -0.1) is 0 Å². The second-order valence-corrected chi connectivity index (χ2v) is 12.4. The zero-order valence-corrected chi connectivity index (χ0v) is 13.5. The van der Waals surface area contributed by atoms with Crippen molar-refractivity contribution in [3.8, 4) is 0 Å². The van der Waals surface area contributed by atoms with Crippen molar-refractivity contribution in [2.45, 2.75) is 101 Å². The molecule has 17 heavy (non-hydrogen) atoms. The molecule has 2 aliphatic rings. The van der Waals surface area contributed by atoms with Gasteiger partial charge in [0.25, 0.3) is 0 Å². The maximum absolute atomic E-state index is 2.56. The highest BCUT2D eigenvalue weighted by atomic mass is 28.3. The van der Waals surface area contributed by atoms with Gasteiger partial charge in [0.2, 0.25) is 0 Å². The van der Waals surface area contributed by atoms with Gasteiger partial charge in [-0.3, -0.25) is 0 Å². The number of hydrogen-bond donors (Lipinski definition) is 0. The van der Waals surface area contributed by atoms with E-state index in [-0.39, 0.29) is 0 Å². The van der Waals surface area contributed by atoms with E-state index in [9.17, 15) is 0 Å². The Kier molecular flexibility index (Phi) is 4.74. The summed E-state index contributed by atoms with van der Waals surface area (Å²) in [4.78, 5) is 0. The third kappa shape index (κ3) is 3.59. The first kappa shape index (κ1) is 13.6. The summed E-state index contributed by atoms with van der Waals surface area (Å²) < 4.78 is 0. The molecule has 2 rings (SSSR count). The highest BCUT2D eigenvalue weighted by Crippen LogP contribution is 2.50. The number of rotatable bonds is 2. The summed E-state index contributed by atoms with van der Waals surface area (Å²) in [5, 5.41) is 0.671. The lowest BCUT2D eigenvalue weighted by Crippen LogP contribution is -2.37. The van der Waals surface area contributed by atoms with Crippen LogP contribution in [0.3, 0.4) is 0 Å². The van der Waals surface area contributed by atoms with Gasteiger partial charge >= 0.3 is 0 Å². The fourth-order valence-corrected chi connectivity index (χ4v) is 10.8. The molecule has 0 radical (unpaired) electrons. The minimum atomic E-state index is -0.585. The first-order valence-corrected chi connectivity index (χ1v) is 10.00. The molecule has 0 unspecified atom stereocenters. The molecular weight excluding hydrogens is 220 g/mol. The molecule has 0 atom stereocenters. The van der Waals surface area contributed by atoms with Crippen molar-refractivity contribution in [3.05, 3.63) is 0 Å². The highest BCUT2D eigenvalue weighted by molar-refractivity contribution is 6.65. The normalized spacial score (nSPS) is 25.4. The van der Waals surface area contributed by atoms with Gasteiger partial charge in [-0.25, -0.2) is 0 Å². The Balaban J connectivity index is 2.06. The Morgan fingerprint density at radius 3 is 1.29 bits per heavy atom. The van der Waals surface area contributed by atoms with E-state index in [1.165, 1.54) is 49.6 Å². The largest absolute Gasteiger partial charge is 0.0628 e. The summed E-state index contributed by atoms with van der Waals surface area (Å²) in [5.41, 5.74) is 2.37. The summed E-state index contributed by atoms with van der Waals surface area (Å²) in [5.74, 6) is 0. The van der Waals surface area contributed by atoms with Crippen molar-refractivity contribution in [2.24, 2.45) is 0 Å². The smallest absolute Gasteiger partial charge is 0.0485 e. The standard InChI is InChI=1S/C16H32Si/c1-16(2,3)17(14-10-6-4-7-11-14)15-12-8-5-9-13-15/h14-15,17H,4-13H2,1-3H3. The van der Waals surface area contributed by atoms with Gasteiger partial charge in [0.15, 0.2) is 0 Å². The third-order valence-electron chi connectivity index (χ3n) is 5.32. The van der Waals surface area contributed by atoms with E-state index in [1.54, 1.807) is 25.7 Å². The molecular formula is C16H32Si. The van der Waals surface area contributed by atoms with Crippen molar-refractivity contribution in [3.63, 3.8) is 0 Å². The van der Waals surface area contributed by atoms with E-state index in [4.69, 9.17) is 0 Å². The molecule has 2 aliphatic carbocycles. The molecule has 0 heterocycles. The Morgan fingerprint density at radius 2 is 1.00 bits per heavy atom. The van der Waals surface area contributed by atoms with Crippen LogP contribution in [-0.2, 0) is 0 Å². The molecule has 1 heteroatoms. The van der Waals surface area contributed by atoms with Crippen molar-refractivity contribution in [2.75, 3.05) is 0 Å². The molecule has 0 bridgehead atoms. The van der Waals surface area contributed by atoms with E-state index in [2.05, 4.69) is 20.8 Å². The van der Waals surface area contributed by atoms with Crippen LogP contribution in [0.4, 0.5) is 0 Å². The minimum Gasteiger partial charge on any atom is -0.0628 e. The lowest BCUT2D eigenvalue weighted by molar-refractivity contribution is 0.445. The van der Waals surface area contributed by atoms with E-state index in [1.807, 2.05) is 0 Å². The molecule has 0 spiro atoms. The summed E-state index contributed by atoms with van der Waals surface area (Å²) in [6.45, 7) is 7.69. The summed E-state index contributed by atoms with van der Waals surface area (Å²) >= 11 is 0. The lowest BCUT2D eigenvalue weighted by Gasteiger charge is -2.44. The molecule has 0 nitrogen and oxygen atoms in total. The summed E-state index contributed by atoms with van der Waals surface area (Å²) in [6, 6.07) is 0. The van der Waals surface area contributed by atoms with Crippen molar-refractivity contribution in [1.29, 1.82) is 0 Å². The minimum absolute atomic E-state index is 0.585. The fraction of sp³-hybridized carbons (Fsp3) is 1.00. The molecule has 0 saturated heterocycles. The molecule has 0 aliphatic heterocycles. The van der Waals surface area contributed by atoms with Gasteiger partial charge in [-0.05, 0) is 16.1 Å². The number of hydrogen-bond acceptors (Lipinski definition) is 0. The van der Waals surface area contributed by atoms with E-state index in [0.717, 1.165) is 0 Å². The van der Waals surface area contributed by atoms with E-state index in [0.29, 0.717) is 5.04 Å². The quantitative estimate of drug-likeness (QED) is 0.554. The summed E-state index contributed by atoms with van der Waals surface area (Å²) in [6.07, 6.45) is 15.5. The monoisotopic (exact) mass is 252 g/mol. The molecule has 2 fully saturated rings. The third-order valence-corrected chi connectivity index (χ3v) is 10.7. The molecule has 0 N–H and O–H groups in total. The predicted octanol–water partition coefficient (Wildman–Crippen LogP) is 5.68. The second kappa shape index (κ2) is 5.91. The predicted molar refractivity (Wildman–Crippen MR) is 80.5 cm³/mol. The van der Waals surface area contributed by atoms with Crippen LogP contribution in [0.25, 0.3) is 0 Å². The van der Waals surface area contributed by atoms with Gasteiger partial charge in [-0.2, -0.15) is 0 Å². The molecule has 0 aromatic rings. The molecule has 0 aromatic heterocycles. The van der Waals surface area contributed by atoms with Crippen LogP contribution in [0.2, 0.25) is 16.1 Å². The van der Waals surface area contributed by atoms with Gasteiger partial charge in [0.05, 0.1) is 0 Å². The SMILES string of the molecule is CC(C)(C)[SiH](C1CCCCC1)C1CCCCC1. The van der Waals surface area contributed by atoms with Crippen molar-refractivity contribution < 1.29 is 0 Å². The van der Waals surface area contributed by atoms with Crippen molar-refractivity contribution in [1.82, 2.24) is 0 Å². The molecule has 2 saturated carbocycles. The Hall–Kier alpha value is 0.217. The van der Waals surface area contributed by atoms with Crippen LogP contribution in [0, 0.1) is 0 Å². The van der Waals surface area contributed by atoms with Crippen LogP contribution in [0.1, 0.15) is 85.0 Å². The Morgan fingerprint density at radius 1 is 0.647 bits per heavy atom. The zero-order chi connectivity index (χ0) is 12.3. The summed E-state index contributed by atoms with van der Waals surface area (Å²) in [7, 11) is -0.585. The molecule has 0 amide bonds. The van der Waals surface area contributed by atoms with E-state index >= 15 is 0 Å². The first-order chi connectivity index (χ1) is 8.09. The zero-order valence-electron chi connectivity index (χ0n) is 12.3. The topological polar surface area (TPSA) is 0 Å². The van der Waals surface area contributed by atoms with Crippen LogP contribution in [-0.4, -0.2) is 8.80 Å². The molecule has 100 valence electrons. The van der Waals surface area contributed by atoms with Crippen molar-refractivity contribution >= 4 is 8.80 Å². The van der Waals surface area contributed by atoms with Crippen LogP contribution >= 0.6 is 0 Å².